The van der Waals surface area contributed by atoms with Crippen LogP contribution in [0.25, 0.3) is 0 Å². The molecule has 1 aliphatic heterocycles. The number of hydrogen-bond donors (Lipinski definition) is 2. The highest BCUT2D eigenvalue weighted by molar-refractivity contribution is 7.80. The number of furan rings is 1. The molecule has 0 saturated carbocycles. The normalized spacial score (nSPS) is 15.6. The number of thiocarbonyl (C=S) groups is 1. The van der Waals surface area contributed by atoms with Crippen molar-refractivity contribution >= 4 is 29.2 Å². The predicted molar refractivity (Wildman–Crippen MR) is 100 cm³/mol. The maximum Gasteiger partial charge on any atom is 0.184 e. The number of rotatable bonds is 5. The van der Waals surface area contributed by atoms with Gasteiger partial charge < -0.3 is 15.1 Å². The lowest BCUT2D eigenvalue weighted by Gasteiger charge is -2.35. The van der Waals surface area contributed by atoms with Gasteiger partial charge in [0, 0.05) is 31.9 Å². The number of nitrogens with one attached hydrogen (secondary N) is 1. The van der Waals surface area contributed by atoms with Crippen LogP contribution in [-0.4, -0.2) is 42.4 Å². The van der Waals surface area contributed by atoms with Gasteiger partial charge in [-0.25, -0.2) is 4.39 Å². The van der Waals surface area contributed by atoms with E-state index in [0.29, 0.717) is 5.76 Å². The molecule has 0 unspecified atom stereocenters. The van der Waals surface area contributed by atoms with E-state index in [4.69, 9.17) is 10.2 Å². The largest absolute Gasteiger partial charge is 0.459 e. The van der Waals surface area contributed by atoms with Crippen LogP contribution in [0.15, 0.2) is 45.9 Å². The molecule has 0 bridgehead atoms. The zero-order valence-electron chi connectivity index (χ0n) is 13.7. The molecule has 1 saturated heterocycles. The molecule has 2 heterocycles. The summed E-state index contributed by atoms with van der Waals surface area (Å²) in [6.45, 7) is 4.23. The number of nitrogens with zero attached hydrogens (tertiary/aromatic N) is 3. The Hall–Kier alpha value is -2.45. The molecule has 0 radical (unpaired) electrons. The Morgan fingerprint density at radius 2 is 2.08 bits per heavy atom. The van der Waals surface area contributed by atoms with Gasteiger partial charge in [-0.1, -0.05) is 6.07 Å². The maximum absolute atomic E-state index is 13.3. The van der Waals surface area contributed by atoms with E-state index in [1.54, 1.807) is 12.1 Å². The summed E-state index contributed by atoms with van der Waals surface area (Å²) in [7, 11) is 0. The third-order valence-electron chi connectivity index (χ3n) is 3.97. The Kier molecular flexibility index (Phi) is 5.62. The summed E-state index contributed by atoms with van der Waals surface area (Å²) in [4.78, 5) is 4.50. The second-order valence-corrected chi connectivity index (χ2v) is 6.22. The molecular weight excluding hydrogens is 341 g/mol. The van der Waals surface area contributed by atoms with Crippen molar-refractivity contribution in [2.75, 3.05) is 31.1 Å². The van der Waals surface area contributed by atoms with Crippen molar-refractivity contribution in [1.29, 1.82) is 0 Å². The van der Waals surface area contributed by atoms with Gasteiger partial charge in [-0.3, -0.25) is 10.3 Å². The van der Waals surface area contributed by atoms with E-state index in [-0.39, 0.29) is 10.9 Å². The lowest BCUT2D eigenvalue weighted by Crippen LogP contribution is -2.45. The Labute approximate surface area is 151 Å². The minimum absolute atomic E-state index is 0.110. The molecule has 1 aromatic heterocycles. The first-order valence-electron chi connectivity index (χ1n) is 8.00. The number of anilines is 1. The van der Waals surface area contributed by atoms with Gasteiger partial charge in [0.2, 0.25) is 0 Å². The molecule has 3 rings (SSSR count). The molecule has 0 aliphatic carbocycles. The van der Waals surface area contributed by atoms with Crippen LogP contribution >= 0.6 is 12.2 Å². The third-order valence-corrected chi connectivity index (χ3v) is 4.07. The minimum Gasteiger partial charge on any atom is -0.459 e. The topological polar surface area (TPSA) is 70.0 Å². The second-order valence-electron chi connectivity index (χ2n) is 5.78. The average molecular weight is 361 g/mol. The summed E-state index contributed by atoms with van der Waals surface area (Å²) in [5.74, 6) is 1.31. The minimum atomic E-state index is -0.199. The van der Waals surface area contributed by atoms with Gasteiger partial charge in [-0.2, -0.15) is 5.10 Å². The zero-order chi connectivity index (χ0) is 17.6. The molecule has 1 aliphatic rings. The Morgan fingerprint density at radius 1 is 1.28 bits per heavy atom. The fourth-order valence-corrected chi connectivity index (χ4v) is 2.82. The van der Waals surface area contributed by atoms with E-state index >= 15 is 0 Å². The number of piperazine rings is 1. The third kappa shape index (κ3) is 5.01. The molecule has 25 heavy (non-hydrogen) atoms. The van der Waals surface area contributed by atoms with Crippen molar-refractivity contribution in [3.05, 3.63) is 53.7 Å². The van der Waals surface area contributed by atoms with Gasteiger partial charge in [0.15, 0.2) is 5.11 Å². The molecule has 1 fully saturated rings. The molecule has 3 N–H and O–H groups in total. The van der Waals surface area contributed by atoms with Crippen LogP contribution in [0.4, 0.5) is 10.1 Å². The smallest absolute Gasteiger partial charge is 0.184 e. The van der Waals surface area contributed by atoms with E-state index in [0.717, 1.165) is 44.2 Å². The first-order valence-corrected chi connectivity index (χ1v) is 8.41. The molecule has 1 aromatic carbocycles. The van der Waals surface area contributed by atoms with Crippen molar-refractivity contribution < 1.29 is 8.81 Å². The van der Waals surface area contributed by atoms with Gasteiger partial charge in [-0.15, -0.1) is 0 Å². The lowest BCUT2D eigenvalue weighted by atomic mass is 10.2. The average Bonchev–Trinajstić information content (AvgIpc) is 3.02. The highest BCUT2D eigenvalue weighted by Gasteiger charge is 2.18. The van der Waals surface area contributed by atoms with E-state index in [1.165, 1.54) is 12.3 Å². The van der Waals surface area contributed by atoms with Crippen LogP contribution in [0.3, 0.4) is 0 Å². The summed E-state index contributed by atoms with van der Waals surface area (Å²) < 4.78 is 19.1. The van der Waals surface area contributed by atoms with Gasteiger partial charge in [0.1, 0.15) is 17.3 Å². The standard InChI is InChI=1S/C17H20FN5OS/c18-13-2-1-3-14(10-13)23-8-6-22(7-9-23)12-16-5-4-15(24-16)11-20-21-17(19)25/h1-5,10-11H,6-9,12H2,(H3,19,21,25)/b20-11+. The lowest BCUT2D eigenvalue weighted by molar-refractivity contribution is 0.230. The van der Waals surface area contributed by atoms with Crippen LogP contribution < -0.4 is 16.1 Å². The van der Waals surface area contributed by atoms with Gasteiger partial charge >= 0.3 is 0 Å². The van der Waals surface area contributed by atoms with Gasteiger partial charge in [-0.05, 0) is 42.5 Å². The van der Waals surface area contributed by atoms with Crippen molar-refractivity contribution in [2.45, 2.75) is 6.54 Å². The van der Waals surface area contributed by atoms with Crippen LogP contribution in [0.2, 0.25) is 0 Å². The predicted octanol–water partition coefficient (Wildman–Crippen LogP) is 1.91. The molecule has 0 amide bonds. The molecule has 8 heteroatoms. The molecule has 0 spiro atoms. The Bertz CT molecular complexity index is 755. The summed E-state index contributed by atoms with van der Waals surface area (Å²) in [5, 5.41) is 3.98. The quantitative estimate of drug-likeness (QED) is 0.482. The van der Waals surface area contributed by atoms with E-state index in [1.807, 2.05) is 18.2 Å². The van der Waals surface area contributed by atoms with E-state index in [9.17, 15) is 4.39 Å². The van der Waals surface area contributed by atoms with Crippen molar-refractivity contribution in [3.63, 3.8) is 0 Å². The summed E-state index contributed by atoms with van der Waals surface area (Å²) >= 11 is 4.67. The summed E-state index contributed by atoms with van der Waals surface area (Å²) in [6.07, 6.45) is 1.53. The van der Waals surface area contributed by atoms with Crippen molar-refractivity contribution in [3.8, 4) is 0 Å². The van der Waals surface area contributed by atoms with Crippen molar-refractivity contribution in [2.24, 2.45) is 10.8 Å². The highest BCUT2D eigenvalue weighted by atomic mass is 32.1. The van der Waals surface area contributed by atoms with Crippen LogP contribution in [-0.2, 0) is 6.54 Å². The van der Waals surface area contributed by atoms with Gasteiger partial charge in [0.25, 0.3) is 0 Å². The monoisotopic (exact) mass is 361 g/mol. The fraction of sp³-hybridized carbons (Fsp3) is 0.294. The fourth-order valence-electron chi connectivity index (χ4n) is 2.77. The number of hydrogen-bond acceptors (Lipinski definition) is 5. The summed E-state index contributed by atoms with van der Waals surface area (Å²) in [6, 6.07) is 10.5. The van der Waals surface area contributed by atoms with Crippen LogP contribution in [0, 0.1) is 5.82 Å². The van der Waals surface area contributed by atoms with E-state index in [2.05, 4.69) is 32.5 Å². The maximum atomic E-state index is 13.3. The Balaban J connectivity index is 1.50. The molecule has 2 aromatic rings. The highest BCUT2D eigenvalue weighted by Crippen LogP contribution is 2.18. The number of hydrazone groups is 1. The van der Waals surface area contributed by atoms with E-state index < -0.39 is 0 Å². The number of halogens is 1. The Morgan fingerprint density at radius 3 is 2.80 bits per heavy atom. The molecule has 6 nitrogen and oxygen atoms in total. The SMILES string of the molecule is NC(=S)N/N=C/c1ccc(CN2CCN(c3cccc(F)c3)CC2)o1. The van der Waals surface area contributed by atoms with Crippen LogP contribution in [0.5, 0.6) is 0 Å². The van der Waals surface area contributed by atoms with Gasteiger partial charge in [0.05, 0.1) is 12.8 Å². The molecular formula is C17H20FN5OS. The molecule has 132 valence electrons. The molecule has 0 atom stereocenters. The first kappa shape index (κ1) is 17.4. The zero-order valence-corrected chi connectivity index (χ0v) is 14.5. The van der Waals surface area contributed by atoms with Crippen molar-refractivity contribution in [1.82, 2.24) is 10.3 Å². The summed E-state index contributed by atoms with van der Waals surface area (Å²) in [5.41, 5.74) is 8.71. The number of nitrogens with two attached hydrogens (primary N) is 1. The van der Waals surface area contributed by atoms with Crippen LogP contribution in [0.1, 0.15) is 11.5 Å². The number of benzene rings is 1. The first-order chi connectivity index (χ1) is 12.1. The second kappa shape index (κ2) is 8.09.